The first kappa shape index (κ1) is 30.8. The largest absolute Gasteiger partial charge is 0.508 e. The molecule has 0 spiro atoms. The number of aryl methyl sites for hydroxylation is 1. The third kappa shape index (κ3) is 5.04. The second kappa shape index (κ2) is 11.6. The number of phenols is 1. The summed E-state index contributed by atoms with van der Waals surface area (Å²) in [6.45, 7) is 3.11. The third-order valence-corrected chi connectivity index (χ3v) is 9.85. The SMILES string of the molecule is C#Cc1c(F)ccc2cc(O)cc(-c3oc(=O)c4c(NCc5c[nH]c6c(F)cccc56)nc(OC[C@@]56CCCN5C[C@H](F)C6)nc4c3C)c12. The zero-order valence-electron chi connectivity index (χ0n) is 26.4. The minimum absolute atomic E-state index is 0.0257. The van der Waals surface area contributed by atoms with Gasteiger partial charge >= 0.3 is 11.6 Å². The van der Waals surface area contributed by atoms with Gasteiger partial charge in [0.05, 0.1) is 22.1 Å². The van der Waals surface area contributed by atoms with Crippen LogP contribution in [0, 0.1) is 30.9 Å². The summed E-state index contributed by atoms with van der Waals surface area (Å²) in [5.74, 6) is 1.33. The smallest absolute Gasteiger partial charge is 0.349 e. The van der Waals surface area contributed by atoms with E-state index >= 15 is 0 Å². The molecule has 0 bridgehead atoms. The number of nitrogens with one attached hydrogen (secondary N) is 2. The van der Waals surface area contributed by atoms with Crippen molar-refractivity contribution in [2.24, 2.45) is 0 Å². The quantitative estimate of drug-likeness (QED) is 0.161. The maximum Gasteiger partial charge on any atom is 0.349 e. The molecule has 3 aromatic carbocycles. The second-order valence-electron chi connectivity index (χ2n) is 12.8. The molecule has 2 aliphatic heterocycles. The number of anilines is 1. The molecule has 12 heteroatoms. The third-order valence-electron chi connectivity index (χ3n) is 9.85. The van der Waals surface area contributed by atoms with Crippen LogP contribution in [0.2, 0.25) is 0 Å². The van der Waals surface area contributed by atoms with Crippen molar-refractivity contribution in [1.82, 2.24) is 19.9 Å². The predicted octanol–water partition coefficient (Wildman–Crippen LogP) is 6.73. The molecule has 0 amide bonds. The predicted molar refractivity (Wildman–Crippen MR) is 179 cm³/mol. The van der Waals surface area contributed by atoms with Gasteiger partial charge in [0.25, 0.3) is 0 Å². The van der Waals surface area contributed by atoms with Crippen LogP contribution in [0.25, 0.3) is 43.9 Å². The summed E-state index contributed by atoms with van der Waals surface area (Å²) in [5.41, 5.74) is 0.500. The minimum atomic E-state index is -0.955. The number of ether oxygens (including phenoxy) is 1. The van der Waals surface area contributed by atoms with Crippen LogP contribution in [-0.2, 0) is 6.54 Å². The van der Waals surface area contributed by atoms with E-state index in [1.54, 1.807) is 25.3 Å². The van der Waals surface area contributed by atoms with Crippen LogP contribution in [0.3, 0.4) is 0 Å². The van der Waals surface area contributed by atoms with Crippen LogP contribution < -0.4 is 15.7 Å². The number of fused-ring (bicyclic) bond motifs is 4. The number of hydrogen-bond donors (Lipinski definition) is 3. The fourth-order valence-corrected chi connectivity index (χ4v) is 7.58. The van der Waals surface area contributed by atoms with Crippen molar-refractivity contribution in [3.63, 3.8) is 0 Å². The van der Waals surface area contributed by atoms with Crippen molar-refractivity contribution in [2.75, 3.05) is 25.0 Å². The van der Waals surface area contributed by atoms with Gasteiger partial charge in [-0.2, -0.15) is 9.97 Å². The summed E-state index contributed by atoms with van der Waals surface area (Å²) in [5, 5.41) is 15.2. The molecular weight excluding hydrogens is 635 g/mol. The molecule has 8 rings (SSSR count). The van der Waals surface area contributed by atoms with Crippen molar-refractivity contribution in [3.8, 4) is 35.4 Å². The number of alkyl halides is 1. The van der Waals surface area contributed by atoms with Gasteiger partial charge in [-0.05, 0) is 61.5 Å². The molecule has 0 radical (unpaired) electrons. The molecule has 0 saturated carbocycles. The molecule has 6 aromatic rings. The Labute approximate surface area is 277 Å². The molecule has 3 aromatic heterocycles. The number of nitrogens with zero attached hydrogens (tertiary/aromatic N) is 3. The maximum absolute atomic E-state index is 14.9. The molecule has 9 nitrogen and oxygen atoms in total. The van der Waals surface area contributed by atoms with Gasteiger partial charge in [0.2, 0.25) is 0 Å². The van der Waals surface area contributed by atoms with E-state index in [-0.39, 0.29) is 63.9 Å². The summed E-state index contributed by atoms with van der Waals surface area (Å²) in [6.07, 6.45) is 8.46. The van der Waals surface area contributed by atoms with Crippen molar-refractivity contribution >= 4 is 38.4 Å². The first-order chi connectivity index (χ1) is 23.7. The lowest BCUT2D eigenvalue weighted by Gasteiger charge is -2.30. The van der Waals surface area contributed by atoms with E-state index in [1.165, 1.54) is 30.3 Å². The summed E-state index contributed by atoms with van der Waals surface area (Å²) in [7, 11) is 0. The number of aromatic amines is 1. The molecule has 2 atom stereocenters. The molecule has 2 aliphatic rings. The molecular formula is C37H30F3N5O4. The number of benzene rings is 3. The first-order valence-electron chi connectivity index (χ1n) is 15.9. The van der Waals surface area contributed by atoms with Gasteiger partial charge in [-0.15, -0.1) is 6.42 Å². The lowest BCUT2D eigenvalue weighted by atomic mass is 9.95. The van der Waals surface area contributed by atoms with E-state index in [9.17, 15) is 23.1 Å². The highest BCUT2D eigenvalue weighted by atomic mass is 19.1. The van der Waals surface area contributed by atoms with Crippen molar-refractivity contribution in [2.45, 2.75) is 44.4 Å². The monoisotopic (exact) mass is 665 g/mol. The topological polar surface area (TPSA) is 117 Å². The molecule has 0 unspecified atom stereocenters. The maximum atomic E-state index is 14.9. The number of aromatic nitrogens is 3. The van der Waals surface area contributed by atoms with Gasteiger partial charge < -0.3 is 24.6 Å². The molecule has 248 valence electrons. The fraction of sp³-hybridized carbons (Fsp3) is 0.270. The van der Waals surface area contributed by atoms with E-state index < -0.39 is 29.0 Å². The van der Waals surface area contributed by atoms with Gasteiger partial charge in [-0.1, -0.05) is 24.1 Å². The minimum Gasteiger partial charge on any atom is -0.508 e. The van der Waals surface area contributed by atoms with Crippen LogP contribution in [0.15, 0.2) is 57.9 Å². The molecule has 3 N–H and O–H groups in total. The summed E-state index contributed by atoms with van der Waals surface area (Å²) < 4.78 is 56.0. The van der Waals surface area contributed by atoms with Gasteiger partial charge in [0.15, 0.2) is 0 Å². The Morgan fingerprint density at radius 1 is 1.20 bits per heavy atom. The van der Waals surface area contributed by atoms with Crippen molar-refractivity contribution < 1.29 is 27.4 Å². The van der Waals surface area contributed by atoms with Crippen LogP contribution in [-0.4, -0.2) is 56.4 Å². The van der Waals surface area contributed by atoms with Gasteiger partial charge in [-0.3, -0.25) is 4.90 Å². The Hall–Kier alpha value is -5.54. The van der Waals surface area contributed by atoms with E-state index in [4.69, 9.17) is 15.6 Å². The van der Waals surface area contributed by atoms with Crippen LogP contribution >= 0.6 is 0 Å². The Bertz CT molecular complexity index is 2420. The Morgan fingerprint density at radius 2 is 2.06 bits per heavy atom. The molecule has 5 heterocycles. The zero-order chi connectivity index (χ0) is 34.0. The lowest BCUT2D eigenvalue weighted by molar-refractivity contribution is 0.107. The number of H-pyrrole nitrogens is 1. The average molecular weight is 666 g/mol. The fourth-order valence-electron chi connectivity index (χ4n) is 7.58. The lowest BCUT2D eigenvalue weighted by Crippen LogP contribution is -2.43. The number of hydrogen-bond acceptors (Lipinski definition) is 8. The van der Waals surface area contributed by atoms with E-state index in [1.807, 2.05) is 0 Å². The van der Waals surface area contributed by atoms with Crippen LogP contribution in [0.5, 0.6) is 11.8 Å². The van der Waals surface area contributed by atoms with Crippen molar-refractivity contribution in [1.29, 1.82) is 0 Å². The van der Waals surface area contributed by atoms with Gasteiger partial charge in [0, 0.05) is 47.6 Å². The molecule has 49 heavy (non-hydrogen) atoms. The normalized spacial score (nSPS) is 19.1. The number of halogens is 3. The highest BCUT2D eigenvalue weighted by Crippen LogP contribution is 2.41. The summed E-state index contributed by atoms with van der Waals surface area (Å²) in [4.78, 5) is 28.2. The Kier molecular flexibility index (Phi) is 7.26. The van der Waals surface area contributed by atoms with Gasteiger partial charge in [0.1, 0.15) is 47.1 Å². The van der Waals surface area contributed by atoms with Gasteiger partial charge in [-0.25, -0.2) is 18.0 Å². The number of terminal acetylenes is 1. The van der Waals surface area contributed by atoms with Crippen LogP contribution in [0.4, 0.5) is 19.0 Å². The van der Waals surface area contributed by atoms with Crippen LogP contribution in [0.1, 0.15) is 36.0 Å². The van der Waals surface area contributed by atoms with E-state index in [2.05, 4.69) is 31.1 Å². The standard InChI is InChI=1S/C37H30F3N5O4/c1-3-24-27(39)9-8-20-12-23(46)13-26(29(20)24)33-19(2)31-30(35(47)49-33)34(42-16-21-15-41-32-25(21)6-4-7-28(32)40)44-36(43-31)48-18-37-10-5-11-45(37)17-22(38)14-37/h1,4,6-9,12-13,15,22,41,46H,5,10-11,14,16-18H2,2H3,(H,42,43,44)/t22-,37+/m1/s1. The number of phenolic OH excluding ortho intramolecular Hbond substituents is 1. The molecule has 2 fully saturated rings. The summed E-state index contributed by atoms with van der Waals surface area (Å²) >= 11 is 0. The second-order valence-corrected chi connectivity index (χ2v) is 12.8. The Balaban J connectivity index is 1.28. The highest BCUT2D eigenvalue weighted by molar-refractivity contribution is 6.03. The number of para-hydroxylation sites is 1. The number of rotatable bonds is 7. The molecule has 0 aliphatic carbocycles. The molecule has 2 saturated heterocycles. The van der Waals surface area contributed by atoms with E-state index in [0.717, 1.165) is 24.9 Å². The average Bonchev–Trinajstić information content (AvgIpc) is 3.76. The van der Waals surface area contributed by atoms with E-state index in [0.29, 0.717) is 34.8 Å². The first-order valence-corrected chi connectivity index (χ1v) is 15.9. The number of aromatic hydroxyl groups is 1. The van der Waals surface area contributed by atoms with Crippen molar-refractivity contribution in [3.05, 3.63) is 87.4 Å². The highest BCUT2D eigenvalue weighted by Gasteiger charge is 2.49. The Morgan fingerprint density at radius 3 is 2.90 bits per heavy atom. The zero-order valence-corrected chi connectivity index (χ0v) is 26.4. The summed E-state index contributed by atoms with van der Waals surface area (Å²) in [6, 6.07) is 10.2.